The average molecular weight is 500 g/mol. The van der Waals surface area contributed by atoms with Crippen LogP contribution in [0.3, 0.4) is 0 Å². The molecule has 2 aromatic rings. The molecule has 1 atom stereocenters. The highest BCUT2D eigenvalue weighted by Gasteiger charge is 2.39. The third-order valence-electron chi connectivity index (χ3n) is 6.52. The fourth-order valence-corrected chi connectivity index (χ4v) is 5.08. The molecule has 0 spiro atoms. The van der Waals surface area contributed by atoms with Gasteiger partial charge in [0.25, 0.3) is 0 Å². The second-order valence-electron chi connectivity index (χ2n) is 8.65. The zero-order chi connectivity index (χ0) is 24.4. The van der Waals surface area contributed by atoms with Crippen molar-refractivity contribution in [2.24, 2.45) is 0 Å². The number of rotatable bonds is 5. The van der Waals surface area contributed by atoms with Gasteiger partial charge in [0.2, 0.25) is 5.95 Å². The summed E-state index contributed by atoms with van der Waals surface area (Å²) in [5, 5.41) is 3.97. The van der Waals surface area contributed by atoms with Crippen LogP contribution in [-0.4, -0.2) is 75.2 Å². The van der Waals surface area contributed by atoms with E-state index in [0.29, 0.717) is 67.6 Å². The highest BCUT2D eigenvalue weighted by atomic mass is 35.5. The van der Waals surface area contributed by atoms with Gasteiger partial charge in [-0.25, -0.2) is 4.79 Å². The zero-order valence-electron chi connectivity index (χ0n) is 20.1. The number of ether oxygens (including phenoxy) is 3. The van der Waals surface area contributed by atoms with Gasteiger partial charge in [-0.2, -0.15) is 9.97 Å². The lowest BCUT2D eigenvalue weighted by Gasteiger charge is -2.37. The quantitative estimate of drug-likeness (QED) is 0.623. The van der Waals surface area contributed by atoms with Gasteiger partial charge in [0.05, 0.1) is 44.5 Å². The van der Waals surface area contributed by atoms with Crippen LogP contribution >= 0.6 is 11.6 Å². The number of morpholine rings is 2. The first-order chi connectivity index (χ1) is 17.1. The van der Waals surface area contributed by atoms with Crippen molar-refractivity contribution in [3.8, 4) is 0 Å². The fourth-order valence-electron chi connectivity index (χ4n) is 4.83. The molecule has 0 saturated carbocycles. The molecule has 35 heavy (non-hydrogen) atoms. The van der Waals surface area contributed by atoms with E-state index >= 15 is 0 Å². The number of halogens is 1. The summed E-state index contributed by atoms with van der Waals surface area (Å²) < 4.78 is 16.6. The molecule has 1 aromatic carbocycles. The largest absolute Gasteiger partial charge is 0.463 e. The second-order valence-corrected chi connectivity index (χ2v) is 9.05. The van der Waals surface area contributed by atoms with Gasteiger partial charge in [-0.15, -0.1) is 0 Å². The monoisotopic (exact) mass is 499 g/mol. The van der Waals surface area contributed by atoms with E-state index in [4.69, 9.17) is 35.8 Å². The van der Waals surface area contributed by atoms with E-state index in [1.54, 1.807) is 6.92 Å². The molecule has 3 aliphatic heterocycles. The molecule has 186 valence electrons. The van der Waals surface area contributed by atoms with Gasteiger partial charge < -0.3 is 29.3 Å². The van der Waals surface area contributed by atoms with E-state index in [0.717, 1.165) is 30.0 Å². The Morgan fingerprint density at radius 3 is 2.40 bits per heavy atom. The van der Waals surface area contributed by atoms with Crippen LogP contribution in [0.4, 0.5) is 17.6 Å². The van der Waals surface area contributed by atoms with Gasteiger partial charge in [0.1, 0.15) is 11.6 Å². The Hall–Kier alpha value is -2.88. The topological polar surface area (TPSA) is 89.0 Å². The first kappa shape index (κ1) is 23.8. The Balaban J connectivity index is 1.72. The predicted molar refractivity (Wildman–Crippen MR) is 134 cm³/mol. The summed E-state index contributed by atoms with van der Waals surface area (Å²) in [6.07, 6.45) is 0. The summed E-state index contributed by atoms with van der Waals surface area (Å²) in [6, 6.07) is 7.61. The van der Waals surface area contributed by atoms with Crippen molar-refractivity contribution < 1.29 is 19.0 Å². The Morgan fingerprint density at radius 2 is 1.74 bits per heavy atom. The smallest absolute Gasteiger partial charge is 0.336 e. The van der Waals surface area contributed by atoms with E-state index in [1.165, 1.54) is 0 Å². The number of nitrogens with zero attached hydrogens (tertiary/aromatic N) is 4. The molecule has 0 aliphatic carbocycles. The SMILES string of the molecule is CCOC(=O)C1=C(C)Nc2nc(N3CCOCC3)nc(N3CCOCC3)c2C1c1ccccc1Cl. The maximum atomic E-state index is 13.3. The van der Waals surface area contributed by atoms with Gasteiger partial charge in [-0.3, -0.25) is 0 Å². The Labute approximate surface area is 210 Å². The summed E-state index contributed by atoms with van der Waals surface area (Å²) >= 11 is 6.72. The third kappa shape index (κ3) is 4.68. The Bertz CT molecular complexity index is 1130. The number of allylic oxidation sites excluding steroid dienone is 1. The summed E-state index contributed by atoms with van der Waals surface area (Å²) in [7, 11) is 0. The number of hydrogen-bond donors (Lipinski definition) is 1. The number of anilines is 3. The predicted octanol–water partition coefficient (Wildman–Crippen LogP) is 3.20. The molecule has 3 aliphatic rings. The van der Waals surface area contributed by atoms with E-state index < -0.39 is 5.92 Å². The van der Waals surface area contributed by atoms with Crippen molar-refractivity contribution in [2.45, 2.75) is 19.8 Å². The minimum Gasteiger partial charge on any atom is -0.463 e. The molecule has 5 rings (SSSR count). The van der Waals surface area contributed by atoms with E-state index in [9.17, 15) is 4.79 Å². The summed E-state index contributed by atoms with van der Waals surface area (Å²) in [6.45, 7) is 9.27. The zero-order valence-corrected chi connectivity index (χ0v) is 20.8. The van der Waals surface area contributed by atoms with Crippen LogP contribution in [0.2, 0.25) is 5.02 Å². The maximum absolute atomic E-state index is 13.3. The first-order valence-electron chi connectivity index (χ1n) is 12.0. The average Bonchev–Trinajstić information content (AvgIpc) is 2.88. The van der Waals surface area contributed by atoms with Crippen LogP contribution in [0, 0.1) is 0 Å². The standard InChI is InChI=1S/C25H30ClN5O4/c1-3-35-24(32)19-16(2)27-22-21(20(19)17-6-4-5-7-18(17)26)23(30-8-12-33-13-9-30)29-25(28-22)31-10-14-34-15-11-31/h4-7,20H,3,8-15H2,1-2H3,(H,27,28,29). The van der Waals surface area contributed by atoms with Gasteiger partial charge in [0.15, 0.2) is 0 Å². The normalized spacial score (nSPS) is 20.4. The molecule has 1 aromatic heterocycles. The van der Waals surface area contributed by atoms with Crippen LogP contribution in [-0.2, 0) is 19.0 Å². The molecule has 2 fully saturated rings. The molecule has 0 radical (unpaired) electrons. The van der Waals surface area contributed by atoms with Crippen LogP contribution in [0.25, 0.3) is 0 Å². The fraction of sp³-hybridized carbons (Fsp3) is 0.480. The molecule has 10 heteroatoms. The molecule has 1 unspecified atom stereocenters. The third-order valence-corrected chi connectivity index (χ3v) is 6.86. The lowest BCUT2D eigenvalue weighted by atomic mass is 9.81. The molecule has 1 N–H and O–H groups in total. The van der Waals surface area contributed by atoms with Gasteiger partial charge >= 0.3 is 5.97 Å². The molecule has 9 nitrogen and oxygen atoms in total. The number of carbonyl (C=O) groups excluding carboxylic acids is 1. The number of carbonyl (C=O) groups is 1. The van der Waals surface area contributed by atoms with Gasteiger partial charge in [-0.1, -0.05) is 29.8 Å². The van der Waals surface area contributed by atoms with Crippen LogP contribution in [0.1, 0.15) is 30.9 Å². The summed E-state index contributed by atoms with van der Waals surface area (Å²) in [4.78, 5) is 27.6. The van der Waals surface area contributed by atoms with E-state index in [-0.39, 0.29) is 12.6 Å². The van der Waals surface area contributed by atoms with Crippen molar-refractivity contribution in [1.82, 2.24) is 9.97 Å². The Kier molecular flexibility index (Phi) is 7.08. The molecular formula is C25H30ClN5O4. The highest BCUT2D eigenvalue weighted by Crippen LogP contribution is 2.47. The van der Waals surface area contributed by atoms with Crippen molar-refractivity contribution in [2.75, 3.05) is 74.3 Å². The summed E-state index contributed by atoms with van der Waals surface area (Å²) in [5.41, 5.74) is 2.85. The minimum atomic E-state index is -0.476. The molecular weight excluding hydrogens is 470 g/mol. The van der Waals surface area contributed by atoms with E-state index in [2.05, 4.69) is 15.1 Å². The van der Waals surface area contributed by atoms with E-state index in [1.807, 2.05) is 31.2 Å². The lowest BCUT2D eigenvalue weighted by Crippen LogP contribution is -2.41. The Morgan fingerprint density at radius 1 is 1.09 bits per heavy atom. The number of aromatic nitrogens is 2. The van der Waals surface area contributed by atoms with Crippen molar-refractivity contribution in [3.63, 3.8) is 0 Å². The first-order valence-corrected chi connectivity index (χ1v) is 12.4. The second kappa shape index (κ2) is 10.4. The molecule has 2 saturated heterocycles. The molecule has 0 amide bonds. The van der Waals surface area contributed by atoms with Crippen LogP contribution in [0.15, 0.2) is 35.5 Å². The molecule has 0 bridgehead atoms. The summed E-state index contributed by atoms with van der Waals surface area (Å²) in [5.74, 6) is 1.25. The molecule has 4 heterocycles. The lowest BCUT2D eigenvalue weighted by molar-refractivity contribution is -0.138. The number of hydrogen-bond acceptors (Lipinski definition) is 9. The number of nitrogens with one attached hydrogen (secondary N) is 1. The van der Waals surface area contributed by atoms with Crippen molar-refractivity contribution in [1.29, 1.82) is 0 Å². The van der Waals surface area contributed by atoms with Crippen molar-refractivity contribution in [3.05, 3.63) is 51.7 Å². The minimum absolute atomic E-state index is 0.278. The van der Waals surface area contributed by atoms with Crippen LogP contribution in [0.5, 0.6) is 0 Å². The number of benzene rings is 1. The maximum Gasteiger partial charge on any atom is 0.336 e. The van der Waals surface area contributed by atoms with Gasteiger partial charge in [0, 0.05) is 42.5 Å². The van der Waals surface area contributed by atoms with Crippen LogP contribution < -0.4 is 15.1 Å². The highest BCUT2D eigenvalue weighted by molar-refractivity contribution is 6.31. The number of esters is 1. The van der Waals surface area contributed by atoms with Gasteiger partial charge in [-0.05, 0) is 25.5 Å². The number of fused-ring (bicyclic) bond motifs is 1. The van der Waals surface area contributed by atoms with Crippen molar-refractivity contribution >= 4 is 35.2 Å².